The van der Waals surface area contributed by atoms with E-state index in [1.807, 2.05) is 41.8 Å². The van der Waals surface area contributed by atoms with Crippen LogP contribution in [0.25, 0.3) is 5.52 Å². The molecule has 21 heavy (non-hydrogen) atoms. The minimum Gasteiger partial charge on any atom is -0.321 e. The molecule has 0 saturated carbocycles. The van der Waals surface area contributed by atoms with Crippen LogP contribution >= 0.6 is 0 Å². The maximum Gasteiger partial charge on any atom is 0.276 e. The quantitative estimate of drug-likeness (QED) is 0.782. The first-order chi connectivity index (χ1) is 10.2. The molecule has 5 nitrogen and oxygen atoms in total. The van der Waals surface area contributed by atoms with Gasteiger partial charge in [0, 0.05) is 11.9 Å². The second kappa shape index (κ2) is 5.10. The Morgan fingerprint density at radius 3 is 2.95 bits per heavy atom. The van der Waals surface area contributed by atoms with Crippen molar-refractivity contribution in [1.29, 1.82) is 5.26 Å². The van der Waals surface area contributed by atoms with Gasteiger partial charge in [-0.1, -0.05) is 12.1 Å². The summed E-state index contributed by atoms with van der Waals surface area (Å²) in [6, 6.07) is 14.4. The highest BCUT2D eigenvalue weighted by molar-refractivity contribution is 6.07. The van der Waals surface area contributed by atoms with E-state index in [0.29, 0.717) is 16.9 Å². The van der Waals surface area contributed by atoms with Crippen LogP contribution in [0.1, 0.15) is 21.9 Å². The average Bonchev–Trinajstić information content (AvgIpc) is 2.85. The van der Waals surface area contributed by atoms with Gasteiger partial charge < -0.3 is 9.72 Å². The Morgan fingerprint density at radius 2 is 2.14 bits per heavy atom. The highest BCUT2D eigenvalue weighted by atomic mass is 16.1. The highest BCUT2D eigenvalue weighted by Crippen LogP contribution is 2.16. The van der Waals surface area contributed by atoms with E-state index in [1.165, 1.54) is 0 Å². The van der Waals surface area contributed by atoms with Crippen molar-refractivity contribution in [1.82, 2.24) is 9.38 Å². The van der Waals surface area contributed by atoms with Crippen molar-refractivity contribution >= 4 is 17.1 Å². The first-order valence-electron chi connectivity index (χ1n) is 6.44. The molecule has 2 aromatic heterocycles. The van der Waals surface area contributed by atoms with E-state index in [2.05, 4.69) is 10.3 Å². The zero-order valence-electron chi connectivity index (χ0n) is 11.4. The number of aromatic nitrogens is 2. The lowest BCUT2D eigenvalue weighted by atomic mass is 10.2. The van der Waals surface area contributed by atoms with Gasteiger partial charge in [-0.2, -0.15) is 5.26 Å². The molecule has 5 heteroatoms. The van der Waals surface area contributed by atoms with Crippen molar-refractivity contribution in [2.45, 2.75) is 6.92 Å². The van der Waals surface area contributed by atoms with Crippen molar-refractivity contribution < 1.29 is 4.79 Å². The van der Waals surface area contributed by atoms with Gasteiger partial charge in [0.1, 0.15) is 5.82 Å². The number of nitrogens with zero attached hydrogens (tertiary/aromatic N) is 3. The number of carbonyl (C=O) groups is 1. The molecule has 2 heterocycles. The summed E-state index contributed by atoms with van der Waals surface area (Å²) in [6.45, 7) is 1.85. The Labute approximate surface area is 121 Å². The molecule has 0 aliphatic rings. The number of aryl methyl sites for hydroxylation is 1. The van der Waals surface area contributed by atoms with Gasteiger partial charge in [-0.25, -0.2) is 4.98 Å². The number of amides is 1. The summed E-state index contributed by atoms with van der Waals surface area (Å²) in [7, 11) is 0. The fourth-order valence-corrected chi connectivity index (χ4v) is 2.22. The number of carbonyl (C=O) groups excluding carboxylic acids is 1. The zero-order chi connectivity index (χ0) is 14.8. The van der Waals surface area contributed by atoms with Crippen LogP contribution in [0.3, 0.4) is 0 Å². The summed E-state index contributed by atoms with van der Waals surface area (Å²) in [5.74, 6) is 0.461. The number of hydrogen-bond acceptors (Lipinski definition) is 3. The van der Waals surface area contributed by atoms with Crippen LogP contribution in [-0.2, 0) is 0 Å². The van der Waals surface area contributed by atoms with Crippen LogP contribution in [0.2, 0.25) is 0 Å². The molecular weight excluding hydrogens is 264 g/mol. The minimum atomic E-state index is -0.290. The molecule has 0 fully saturated rings. The number of nitrogens with one attached hydrogen (secondary N) is 1. The SMILES string of the molecule is Cc1nc(C(=O)Nc2cccc(C#N)c2)c2ccccn12. The molecule has 1 N–H and O–H groups in total. The molecule has 3 aromatic rings. The normalized spacial score (nSPS) is 10.3. The number of nitriles is 1. The van der Waals surface area contributed by atoms with Gasteiger partial charge in [-0.3, -0.25) is 4.79 Å². The number of rotatable bonds is 2. The largest absolute Gasteiger partial charge is 0.321 e. The van der Waals surface area contributed by atoms with Gasteiger partial charge in [0.2, 0.25) is 0 Å². The molecule has 0 saturated heterocycles. The zero-order valence-corrected chi connectivity index (χ0v) is 11.4. The van der Waals surface area contributed by atoms with Gasteiger partial charge in [-0.05, 0) is 37.3 Å². The third-order valence-corrected chi connectivity index (χ3v) is 3.19. The molecule has 1 amide bonds. The van der Waals surface area contributed by atoms with Crippen molar-refractivity contribution in [3.8, 4) is 6.07 Å². The summed E-state index contributed by atoms with van der Waals surface area (Å²) >= 11 is 0. The fourth-order valence-electron chi connectivity index (χ4n) is 2.22. The molecule has 0 bridgehead atoms. The van der Waals surface area contributed by atoms with Crippen molar-refractivity contribution in [2.75, 3.05) is 5.32 Å². The molecule has 102 valence electrons. The molecule has 3 rings (SSSR count). The van der Waals surface area contributed by atoms with E-state index in [0.717, 1.165) is 11.3 Å². The third-order valence-electron chi connectivity index (χ3n) is 3.19. The molecule has 0 radical (unpaired) electrons. The summed E-state index contributed by atoms with van der Waals surface area (Å²) in [5, 5.41) is 11.7. The number of fused-ring (bicyclic) bond motifs is 1. The maximum atomic E-state index is 12.4. The standard InChI is InChI=1S/C16H12N4O/c1-11-18-15(14-7-2-3-8-20(11)14)16(21)19-13-6-4-5-12(9-13)10-17/h2-9H,1H3,(H,19,21). The predicted octanol–water partition coefficient (Wildman–Crippen LogP) is 2.77. The Hall–Kier alpha value is -3.13. The smallest absolute Gasteiger partial charge is 0.276 e. The molecular formula is C16H12N4O. The predicted molar refractivity (Wildman–Crippen MR) is 79.0 cm³/mol. The van der Waals surface area contributed by atoms with Crippen molar-refractivity contribution in [3.63, 3.8) is 0 Å². The Bertz CT molecular complexity index is 873. The van der Waals surface area contributed by atoms with Gasteiger partial charge in [-0.15, -0.1) is 0 Å². The van der Waals surface area contributed by atoms with Crippen LogP contribution in [0, 0.1) is 18.3 Å². The molecule has 0 atom stereocenters. The summed E-state index contributed by atoms with van der Waals surface area (Å²) in [6.07, 6.45) is 1.87. The van der Waals surface area contributed by atoms with Gasteiger partial charge in [0.05, 0.1) is 17.1 Å². The molecule has 0 spiro atoms. The number of benzene rings is 1. The lowest BCUT2D eigenvalue weighted by Crippen LogP contribution is -2.13. The Kier molecular flexibility index (Phi) is 3.13. The fraction of sp³-hybridized carbons (Fsp3) is 0.0625. The van der Waals surface area contributed by atoms with Crippen LogP contribution in [0.5, 0.6) is 0 Å². The highest BCUT2D eigenvalue weighted by Gasteiger charge is 2.15. The lowest BCUT2D eigenvalue weighted by molar-refractivity contribution is 0.102. The summed E-state index contributed by atoms with van der Waals surface area (Å²) < 4.78 is 1.86. The van der Waals surface area contributed by atoms with E-state index in [4.69, 9.17) is 5.26 Å². The number of imidazole rings is 1. The van der Waals surface area contributed by atoms with Gasteiger partial charge in [0.25, 0.3) is 5.91 Å². The van der Waals surface area contributed by atoms with Crippen LogP contribution in [0.4, 0.5) is 5.69 Å². The van der Waals surface area contributed by atoms with Crippen LogP contribution < -0.4 is 5.32 Å². The summed E-state index contributed by atoms with van der Waals surface area (Å²) in [4.78, 5) is 16.7. The number of pyridine rings is 1. The van der Waals surface area contributed by atoms with Crippen molar-refractivity contribution in [2.24, 2.45) is 0 Å². The molecule has 1 aromatic carbocycles. The van der Waals surface area contributed by atoms with E-state index in [9.17, 15) is 4.79 Å². The van der Waals surface area contributed by atoms with E-state index >= 15 is 0 Å². The number of hydrogen-bond donors (Lipinski definition) is 1. The van der Waals surface area contributed by atoms with Crippen LogP contribution in [0.15, 0.2) is 48.7 Å². The van der Waals surface area contributed by atoms with Gasteiger partial charge in [0.15, 0.2) is 5.69 Å². The van der Waals surface area contributed by atoms with E-state index in [1.54, 1.807) is 24.3 Å². The average molecular weight is 276 g/mol. The molecule has 0 aliphatic heterocycles. The first-order valence-corrected chi connectivity index (χ1v) is 6.44. The van der Waals surface area contributed by atoms with Gasteiger partial charge >= 0.3 is 0 Å². The second-order valence-electron chi connectivity index (χ2n) is 4.61. The second-order valence-corrected chi connectivity index (χ2v) is 4.61. The molecule has 0 aliphatic carbocycles. The van der Waals surface area contributed by atoms with Crippen LogP contribution in [-0.4, -0.2) is 15.3 Å². The Morgan fingerprint density at radius 1 is 1.29 bits per heavy atom. The summed E-state index contributed by atoms with van der Waals surface area (Å²) in [5.41, 5.74) is 2.20. The Balaban J connectivity index is 1.96. The minimum absolute atomic E-state index is 0.290. The van der Waals surface area contributed by atoms with E-state index < -0.39 is 0 Å². The lowest BCUT2D eigenvalue weighted by Gasteiger charge is -2.03. The maximum absolute atomic E-state index is 12.4. The first kappa shape index (κ1) is 12.9. The topological polar surface area (TPSA) is 70.2 Å². The number of anilines is 1. The molecule has 0 unspecified atom stereocenters. The monoisotopic (exact) mass is 276 g/mol. The van der Waals surface area contributed by atoms with Crippen molar-refractivity contribution in [3.05, 3.63) is 65.7 Å². The third kappa shape index (κ3) is 2.35. The van der Waals surface area contributed by atoms with E-state index in [-0.39, 0.29) is 5.91 Å².